The van der Waals surface area contributed by atoms with Gasteiger partial charge in [0.1, 0.15) is 5.82 Å². The highest BCUT2D eigenvalue weighted by atomic mass is 14.9. The fourth-order valence-corrected chi connectivity index (χ4v) is 1.70. The zero-order valence-corrected chi connectivity index (χ0v) is 6.96. The van der Waals surface area contributed by atoms with Crippen molar-refractivity contribution < 1.29 is 0 Å². The molecule has 12 heavy (non-hydrogen) atoms. The first-order valence-corrected chi connectivity index (χ1v) is 4.29. The van der Waals surface area contributed by atoms with E-state index in [9.17, 15) is 0 Å². The number of nitrogens with two attached hydrogens (primary N) is 1. The topological polar surface area (TPSA) is 50.9 Å². The molecule has 1 fully saturated rings. The second kappa shape index (κ2) is 3.11. The molecule has 1 aliphatic rings. The summed E-state index contributed by atoms with van der Waals surface area (Å²) in [6, 6.07) is 4.02. The molecule has 3 heteroatoms. The number of pyridine rings is 1. The van der Waals surface area contributed by atoms with Crippen molar-refractivity contribution in [2.75, 3.05) is 18.8 Å². The molecule has 0 amide bonds. The van der Waals surface area contributed by atoms with Crippen LogP contribution in [0.2, 0.25) is 0 Å². The maximum absolute atomic E-state index is 5.76. The van der Waals surface area contributed by atoms with Gasteiger partial charge in [0.25, 0.3) is 0 Å². The van der Waals surface area contributed by atoms with Gasteiger partial charge in [-0.15, -0.1) is 0 Å². The Labute approximate surface area is 72.0 Å². The molecule has 1 aliphatic heterocycles. The third kappa shape index (κ3) is 1.28. The van der Waals surface area contributed by atoms with Gasteiger partial charge in [0.05, 0.1) is 0 Å². The molecule has 0 aromatic carbocycles. The van der Waals surface area contributed by atoms with Gasteiger partial charge in [0, 0.05) is 18.7 Å². The summed E-state index contributed by atoms with van der Waals surface area (Å²) in [5.41, 5.74) is 6.96. The second-order valence-corrected chi connectivity index (χ2v) is 3.17. The highest BCUT2D eigenvalue weighted by molar-refractivity contribution is 5.41. The largest absolute Gasteiger partial charge is 0.383 e. The van der Waals surface area contributed by atoms with E-state index in [4.69, 9.17) is 5.73 Å². The Kier molecular flexibility index (Phi) is 1.96. The molecule has 0 aliphatic carbocycles. The van der Waals surface area contributed by atoms with E-state index in [1.165, 1.54) is 12.0 Å². The third-order valence-corrected chi connectivity index (χ3v) is 2.37. The summed E-state index contributed by atoms with van der Waals surface area (Å²) in [6.07, 6.45) is 2.91. The number of anilines is 1. The summed E-state index contributed by atoms with van der Waals surface area (Å²) in [5, 5.41) is 3.31. The number of nitrogens with one attached hydrogen (secondary N) is 1. The van der Waals surface area contributed by atoms with Crippen LogP contribution in [-0.2, 0) is 0 Å². The van der Waals surface area contributed by atoms with Gasteiger partial charge in [-0.3, -0.25) is 0 Å². The number of nitrogen functional groups attached to an aromatic ring is 1. The van der Waals surface area contributed by atoms with Crippen LogP contribution >= 0.6 is 0 Å². The minimum Gasteiger partial charge on any atom is -0.383 e. The molecule has 2 heterocycles. The van der Waals surface area contributed by atoms with E-state index in [-0.39, 0.29) is 0 Å². The van der Waals surface area contributed by atoms with Crippen LogP contribution < -0.4 is 11.1 Å². The van der Waals surface area contributed by atoms with Crippen LogP contribution in [0.15, 0.2) is 18.3 Å². The van der Waals surface area contributed by atoms with Gasteiger partial charge >= 0.3 is 0 Å². The van der Waals surface area contributed by atoms with Crippen LogP contribution in [0.3, 0.4) is 0 Å². The van der Waals surface area contributed by atoms with E-state index < -0.39 is 0 Å². The Hall–Kier alpha value is -1.09. The summed E-state index contributed by atoms with van der Waals surface area (Å²) >= 11 is 0. The standard InChI is InChI=1S/C9H13N3/c10-9-8(2-1-4-12-9)7-3-5-11-6-7/h1-2,4,7,11H,3,5-6H2,(H2,10,12). The van der Waals surface area contributed by atoms with E-state index in [2.05, 4.69) is 16.4 Å². The molecular formula is C9H13N3. The van der Waals surface area contributed by atoms with E-state index >= 15 is 0 Å². The van der Waals surface area contributed by atoms with Gasteiger partial charge in [-0.05, 0) is 24.6 Å². The van der Waals surface area contributed by atoms with Crippen molar-refractivity contribution in [1.29, 1.82) is 0 Å². The summed E-state index contributed by atoms with van der Waals surface area (Å²) in [6.45, 7) is 2.13. The summed E-state index contributed by atoms with van der Waals surface area (Å²) in [5.74, 6) is 1.25. The minimum absolute atomic E-state index is 0.568. The highest BCUT2D eigenvalue weighted by Crippen LogP contribution is 2.25. The molecule has 3 nitrogen and oxygen atoms in total. The van der Waals surface area contributed by atoms with Gasteiger partial charge in [-0.1, -0.05) is 6.07 Å². The lowest BCUT2D eigenvalue weighted by Gasteiger charge is -2.09. The zero-order valence-electron chi connectivity index (χ0n) is 6.96. The molecule has 1 aromatic heterocycles. The number of nitrogens with zero attached hydrogens (tertiary/aromatic N) is 1. The third-order valence-electron chi connectivity index (χ3n) is 2.37. The number of hydrogen-bond acceptors (Lipinski definition) is 3. The van der Waals surface area contributed by atoms with Crippen molar-refractivity contribution in [3.05, 3.63) is 23.9 Å². The van der Waals surface area contributed by atoms with Crippen LogP contribution in [0.1, 0.15) is 17.9 Å². The Morgan fingerprint density at radius 3 is 3.17 bits per heavy atom. The lowest BCUT2D eigenvalue weighted by atomic mass is 9.99. The van der Waals surface area contributed by atoms with Crippen molar-refractivity contribution in [3.63, 3.8) is 0 Å². The van der Waals surface area contributed by atoms with Crippen LogP contribution in [0, 0.1) is 0 Å². The van der Waals surface area contributed by atoms with Crippen LogP contribution in [0.5, 0.6) is 0 Å². The Bertz CT molecular complexity index is 266. The summed E-state index contributed by atoms with van der Waals surface area (Å²) in [7, 11) is 0. The number of hydrogen-bond donors (Lipinski definition) is 2. The van der Waals surface area contributed by atoms with Gasteiger partial charge in [-0.2, -0.15) is 0 Å². The first-order chi connectivity index (χ1) is 5.88. The maximum Gasteiger partial charge on any atom is 0.126 e. The Morgan fingerprint density at radius 2 is 2.50 bits per heavy atom. The van der Waals surface area contributed by atoms with Crippen LogP contribution in [0.4, 0.5) is 5.82 Å². The van der Waals surface area contributed by atoms with E-state index in [0.29, 0.717) is 11.7 Å². The lowest BCUT2D eigenvalue weighted by molar-refractivity contribution is 0.762. The van der Waals surface area contributed by atoms with Gasteiger partial charge in [-0.25, -0.2) is 4.98 Å². The average Bonchev–Trinajstić information content (AvgIpc) is 2.57. The molecule has 3 N–H and O–H groups in total. The van der Waals surface area contributed by atoms with Crippen molar-refractivity contribution in [3.8, 4) is 0 Å². The molecule has 0 saturated carbocycles. The molecule has 0 spiro atoms. The molecule has 0 radical (unpaired) electrons. The molecule has 0 bridgehead atoms. The predicted molar refractivity (Wildman–Crippen MR) is 48.9 cm³/mol. The van der Waals surface area contributed by atoms with E-state index in [1.54, 1.807) is 6.20 Å². The molecule has 1 aromatic rings. The highest BCUT2D eigenvalue weighted by Gasteiger charge is 2.18. The maximum atomic E-state index is 5.76. The van der Waals surface area contributed by atoms with Crippen molar-refractivity contribution in [1.82, 2.24) is 10.3 Å². The average molecular weight is 163 g/mol. The van der Waals surface area contributed by atoms with Crippen molar-refractivity contribution >= 4 is 5.82 Å². The Balaban J connectivity index is 2.26. The van der Waals surface area contributed by atoms with Crippen molar-refractivity contribution in [2.24, 2.45) is 0 Å². The normalized spacial score (nSPS) is 22.8. The smallest absolute Gasteiger partial charge is 0.126 e. The first-order valence-electron chi connectivity index (χ1n) is 4.29. The quantitative estimate of drug-likeness (QED) is 0.642. The molecule has 64 valence electrons. The Morgan fingerprint density at radius 1 is 1.58 bits per heavy atom. The van der Waals surface area contributed by atoms with Crippen molar-refractivity contribution in [2.45, 2.75) is 12.3 Å². The van der Waals surface area contributed by atoms with Crippen LogP contribution in [-0.4, -0.2) is 18.1 Å². The first kappa shape index (κ1) is 7.55. The predicted octanol–water partition coefficient (Wildman–Crippen LogP) is 0.741. The fourth-order valence-electron chi connectivity index (χ4n) is 1.70. The molecule has 1 saturated heterocycles. The number of rotatable bonds is 1. The lowest BCUT2D eigenvalue weighted by Crippen LogP contribution is -2.09. The second-order valence-electron chi connectivity index (χ2n) is 3.17. The zero-order chi connectivity index (χ0) is 8.39. The molecule has 1 unspecified atom stereocenters. The molecular weight excluding hydrogens is 150 g/mol. The van der Waals surface area contributed by atoms with E-state index in [0.717, 1.165) is 13.1 Å². The van der Waals surface area contributed by atoms with Gasteiger partial charge in [0.15, 0.2) is 0 Å². The molecule has 2 rings (SSSR count). The summed E-state index contributed by atoms with van der Waals surface area (Å²) in [4.78, 5) is 4.07. The fraction of sp³-hybridized carbons (Fsp3) is 0.444. The van der Waals surface area contributed by atoms with Crippen LogP contribution in [0.25, 0.3) is 0 Å². The van der Waals surface area contributed by atoms with Gasteiger partial charge in [0.2, 0.25) is 0 Å². The van der Waals surface area contributed by atoms with E-state index in [1.807, 2.05) is 6.07 Å². The van der Waals surface area contributed by atoms with Gasteiger partial charge < -0.3 is 11.1 Å². The summed E-state index contributed by atoms with van der Waals surface area (Å²) < 4.78 is 0. The monoisotopic (exact) mass is 163 g/mol. The molecule has 1 atom stereocenters. The SMILES string of the molecule is Nc1ncccc1C1CCNC1. The number of aromatic nitrogens is 1. The minimum atomic E-state index is 0.568.